The number of carbonyl (C=O) groups is 2. The van der Waals surface area contributed by atoms with Crippen molar-refractivity contribution in [1.82, 2.24) is 5.06 Å². The molecule has 3 aromatic rings. The molecule has 4 rings (SSSR count). The maximum Gasteiger partial charge on any atom is 0.259 e. The Morgan fingerprint density at radius 3 is 2.58 bits per heavy atom. The summed E-state index contributed by atoms with van der Waals surface area (Å²) in [4.78, 5) is 32.2. The average molecular weight is 471 g/mol. The van der Waals surface area contributed by atoms with E-state index in [0.717, 1.165) is 11.6 Å². The minimum absolute atomic E-state index is 0.154. The average Bonchev–Trinajstić information content (AvgIpc) is 2.81. The third kappa shape index (κ3) is 5.21. The molecule has 0 radical (unpaired) electrons. The van der Waals surface area contributed by atoms with Crippen LogP contribution in [0.15, 0.2) is 72.8 Å². The van der Waals surface area contributed by atoms with Crippen LogP contribution in [0.3, 0.4) is 0 Å². The zero-order chi connectivity index (χ0) is 23.4. The van der Waals surface area contributed by atoms with Gasteiger partial charge in [0.1, 0.15) is 12.5 Å². The molecule has 0 spiro atoms. The lowest BCUT2D eigenvalue weighted by Crippen LogP contribution is -2.49. The Morgan fingerprint density at radius 2 is 1.82 bits per heavy atom. The molecule has 0 bridgehead atoms. The number of hydrogen-bond donors (Lipinski definition) is 1. The SMILES string of the molecule is O=C(Nc1cccc(F)c1F)[C@H]1C(=O)N(OCc2ccccc2)CC[C@@H]1c1cccc(Cl)c1. The Morgan fingerprint density at radius 1 is 1.06 bits per heavy atom. The minimum atomic E-state index is -1.21. The maximum absolute atomic E-state index is 14.2. The van der Waals surface area contributed by atoms with E-state index < -0.39 is 35.3 Å². The van der Waals surface area contributed by atoms with Gasteiger partial charge in [-0.05, 0) is 41.8 Å². The van der Waals surface area contributed by atoms with E-state index in [0.29, 0.717) is 17.0 Å². The van der Waals surface area contributed by atoms with Crippen molar-refractivity contribution in [3.63, 3.8) is 0 Å². The maximum atomic E-state index is 14.2. The number of nitrogens with one attached hydrogen (secondary N) is 1. The number of hydrogen-bond acceptors (Lipinski definition) is 3. The van der Waals surface area contributed by atoms with Gasteiger partial charge in [-0.15, -0.1) is 0 Å². The third-order valence-electron chi connectivity index (χ3n) is 5.56. The van der Waals surface area contributed by atoms with Gasteiger partial charge in [0.15, 0.2) is 11.6 Å². The molecule has 1 saturated heterocycles. The van der Waals surface area contributed by atoms with Crippen LogP contribution in [0.1, 0.15) is 23.5 Å². The predicted molar refractivity (Wildman–Crippen MR) is 120 cm³/mol. The number of rotatable bonds is 6. The van der Waals surface area contributed by atoms with Gasteiger partial charge in [0.2, 0.25) is 5.91 Å². The first-order chi connectivity index (χ1) is 15.9. The number of hydroxylamine groups is 2. The Hall–Kier alpha value is -3.29. The summed E-state index contributed by atoms with van der Waals surface area (Å²) in [6.45, 7) is 0.419. The molecule has 3 aromatic carbocycles. The highest BCUT2D eigenvalue weighted by atomic mass is 35.5. The summed E-state index contributed by atoms with van der Waals surface area (Å²) in [5.41, 5.74) is 1.24. The van der Waals surface area contributed by atoms with Gasteiger partial charge in [-0.3, -0.25) is 14.4 Å². The first-order valence-electron chi connectivity index (χ1n) is 10.4. The van der Waals surface area contributed by atoms with Crippen LogP contribution in [0.2, 0.25) is 5.02 Å². The molecule has 33 heavy (non-hydrogen) atoms. The third-order valence-corrected chi connectivity index (χ3v) is 5.79. The monoisotopic (exact) mass is 470 g/mol. The zero-order valence-corrected chi connectivity index (χ0v) is 18.3. The second kappa shape index (κ2) is 10.1. The second-order valence-electron chi connectivity index (χ2n) is 7.72. The van der Waals surface area contributed by atoms with Gasteiger partial charge in [-0.1, -0.05) is 60.1 Å². The van der Waals surface area contributed by atoms with Gasteiger partial charge in [0, 0.05) is 17.5 Å². The summed E-state index contributed by atoms with van der Waals surface area (Å²) < 4.78 is 27.8. The highest BCUT2D eigenvalue weighted by Crippen LogP contribution is 2.36. The highest BCUT2D eigenvalue weighted by molar-refractivity contribution is 6.30. The molecule has 0 aliphatic carbocycles. The molecule has 8 heteroatoms. The lowest BCUT2D eigenvalue weighted by atomic mass is 9.80. The summed E-state index contributed by atoms with van der Waals surface area (Å²) in [7, 11) is 0. The fourth-order valence-electron chi connectivity index (χ4n) is 3.92. The van der Waals surface area contributed by atoms with E-state index in [9.17, 15) is 18.4 Å². The van der Waals surface area contributed by atoms with E-state index in [4.69, 9.17) is 16.4 Å². The van der Waals surface area contributed by atoms with E-state index in [-0.39, 0.29) is 18.8 Å². The Labute approximate surface area is 194 Å². The molecule has 1 N–H and O–H groups in total. The van der Waals surface area contributed by atoms with Crippen LogP contribution in [0.5, 0.6) is 0 Å². The predicted octanol–water partition coefficient (Wildman–Crippen LogP) is 5.32. The van der Waals surface area contributed by atoms with Crippen LogP contribution in [-0.2, 0) is 21.0 Å². The molecule has 1 heterocycles. The molecule has 0 aromatic heterocycles. The van der Waals surface area contributed by atoms with Crippen LogP contribution in [0, 0.1) is 17.6 Å². The molecule has 1 aliphatic rings. The van der Waals surface area contributed by atoms with Crippen molar-refractivity contribution in [3.8, 4) is 0 Å². The number of anilines is 1. The quantitative estimate of drug-likeness (QED) is 0.496. The number of amides is 2. The highest BCUT2D eigenvalue weighted by Gasteiger charge is 2.43. The topological polar surface area (TPSA) is 58.6 Å². The standard InChI is InChI=1S/C25H21ClF2N2O3/c26-18-9-4-8-17(14-18)19-12-13-30(33-15-16-6-2-1-3-7-16)25(32)22(19)24(31)29-21-11-5-10-20(27)23(21)28/h1-11,14,19,22H,12-13,15H2,(H,29,31)/t19-,22+/m1/s1. The van der Waals surface area contributed by atoms with Gasteiger partial charge in [0.25, 0.3) is 5.91 Å². The summed E-state index contributed by atoms with van der Waals surface area (Å²) in [5, 5.41) is 4.01. The van der Waals surface area contributed by atoms with Gasteiger partial charge >= 0.3 is 0 Å². The normalized spacial score (nSPS) is 18.3. The number of carbonyl (C=O) groups excluding carboxylic acids is 2. The van der Waals surface area contributed by atoms with E-state index in [1.54, 1.807) is 24.3 Å². The van der Waals surface area contributed by atoms with E-state index in [2.05, 4.69) is 5.32 Å². The molecule has 170 valence electrons. The number of piperidine rings is 1. The molecular weight excluding hydrogens is 450 g/mol. The smallest absolute Gasteiger partial charge is 0.259 e. The lowest BCUT2D eigenvalue weighted by molar-refractivity contribution is -0.203. The Kier molecular flexibility index (Phi) is 7.01. The van der Waals surface area contributed by atoms with Crippen molar-refractivity contribution in [2.24, 2.45) is 5.92 Å². The molecule has 1 aliphatic heterocycles. The molecule has 1 fully saturated rings. The largest absolute Gasteiger partial charge is 0.323 e. The van der Waals surface area contributed by atoms with Crippen LogP contribution in [-0.4, -0.2) is 23.4 Å². The second-order valence-corrected chi connectivity index (χ2v) is 8.15. The number of halogens is 3. The van der Waals surface area contributed by atoms with Crippen molar-refractivity contribution in [2.75, 3.05) is 11.9 Å². The molecular formula is C25H21ClF2N2O3. The first-order valence-corrected chi connectivity index (χ1v) is 10.8. The molecule has 2 atom stereocenters. The number of benzene rings is 3. The van der Waals surface area contributed by atoms with Crippen LogP contribution in [0.4, 0.5) is 14.5 Å². The van der Waals surface area contributed by atoms with Crippen LogP contribution >= 0.6 is 11.6 Å². The summed E-state index contributed by atoms with van der Waals surface area (Å²) in [5.74, 6) is -5.31. The van der Waals surface area contributed by atoms with Gasteiger partial charge in [-0.25, -0.2) is 13.8 Å². The van der Waals surface area contributed by atoms with Crippen molar-refractivity contribution in [1.29, 1.82) is 0 Å². The number of nitrogens with zero attached hydrogens (tertiary/aromatic N) is 1. The van der Waals surface area contributed by atoms with E-state index in [1.165, 1.54) is 17.2 Å². The Balaban J connectivity index is 1.59. The fourth-order valence-corrected chi connectivity index (χ4v) is 4.12. The fraction of sp³-hybridized carbons (Fsp3) is 0.200. The van der Waals surface area contributed by atoms with Gasteiger partial charge in [-0.2, -0.15) is 0 Å². The van der Waals surface area contributed by atoms with Crippen molar-refractivity contribution in [3.05, 3.63) is 101 Å². The Bertz CT molecular complexity index is 1160. The lowest BCUT2D eigenvalue weighted by Gasteiger charge is -2.36. The summed E-state index contributed by atoms with van der Waals surface area (Å²) in [6, 6.07) is 19.7. The van der Waals surface area contributed by atoms with Crippen LogP contribution in [0.25, 0.3) is 0 Å². The first kappa shape index (κ1) is 22.9. The van der Waals surface area contributed by atoms with E-state index >= 15 is 0 Å². The molecule has 0 saturated carbocycles. The van der Waals surface area contributed by atoms with Crippen LogP contribution < -0.4 is 5.32 Å². The summed E-state index contributed by atoms with van der Waals surface area (Å²) >= 11 is 6.13. The van der Waals surface area contributed by atoms with Crippen molar-refractivity contribution in [2.45, 2.75) is 18.9 Å². The van der Waals surface area contributed by atoms with Gasteiger partial charge in [0.05, 0.1) is 5.69 Å². The van der Waals surface area contributed by atoms with Crippen molar-refractivity contribution >= 4 is 29.1 Å². The van der Waals surface area contributed by atoms with E-state index in [1.807, 2.05) is 30.3 Å². The molecule has 5 nitrogen and oxygen atoms in total. The van der Waals surface area contributed by atoms with Gasteiger partial charge < -0.3 is 5.32 Å². The summed E-state index contributed by atoms with van der Waals surface area (Å²) in [6.07, 6.45) is 0.421. The van der Waals surface area contributed by atoms with Crippen molar-refractivity contribution < 1.29 is 23.2 Å². The molecule has 2 amide bonds. The zero-order valence-electron chi connectivity index (χ0n) is 17.5. The molecule has 0 unspecified atom stereocenters. The minimum Gasteiger partial charge on any atom is -0.323 e.